The van der Waals surface area contributed by atoms with Crippen LogP contribution in [0.4, 0.5) is 0 Å². The van der Waals surface area contributed by atoms with Crippen molar-refractivity contribution in [2.24, 2.45) is 0 Å². The molecule has 0 radical (unpaired) electrons. The van der Waals surface area contributed by atoms with E-state index in [0.717, 1.165) is 30.4 Å². The first-order valence-electron chi connectivity index (χ1n) is 7.04. The highest BCUT2D eigenvalue weighted by molar-refractivity contribution is 5.97. The molecule has 2 heterocycles. The lowest BCUT2D eigenvalue weighted by Crippen LogP contribution is -2.37. The molecular formula is C15H19N3O2. The van der Waals surface area contributed by atoms with Gasteiger partial charge in [0.2, 0.25) is 0 Å². The SMILES string of the molecule is CN(CC1CCCCO1)C(=O)c1ccc2cn[nH]c2c1. The maximum Gasteiger partial charge on any atom is 0.253 e. The lowest BCUT2D eigenvalue weighted by Gasteiger charge is -2.27. The van der Waals surface area contributed by atoms with Crippen LogP contribution in [-0.2, 0) is 4.74 Å². The first-order valence-corrected chi connectivity index (χ1v) is 7.04. The smallest absolute Gasteiger partial charge is 0.253 e. The van der Waals surface area contributed by atoms with Crippen LogP contribution in [0, 0.1) is 0 Å². The van der Waals surface area contributed by atoms with E-state index in [-0.39, 0.29) is 12.0 Å². The molecule has 1 atom stereocenters. The number of carbonyl (C=O) groups excluding carboxylic acids is 1. The minimum absolute atomic E-state index is 0.0238. The largest absolute Gasteiger partial charge is 0.376 e. The molecule has 5 nitrogen and oxygen atoms in total. The second-order valence-electron chi connectivity index (χ2n) is 5.35. The summed E-state index contributed by atoms with van der Waals surface area (Å²) in [5, 5.41) is 7.87. The predicted molar refractivity (Wildman–Crippen MR) is 76.6 cm³/mol. The van der Waals surface area contributed by atoms with Gasteiger partial charge in [-0.25, -0.2) is 0 Å². The van der Waals surface area contributed by atoms with Gasteiger partial charge in [-0.1, -0.05) is 6.07 Å². The third-order valence-corrected chi connectivity index (χ3v) is 3.79. The molecule has 1 aromatic heterocycles. The number of aromatic nitrogens is 2. The summed E-state index contributed by atoms with van der Waals surface area (Å²) in [6, 6.07) is 5.61. The van der Waals surface area contributed by atoms with E-state index in [1.807, 2.05) is 25.2 Å². The summed E-state index contributed by atoms with van der Waals surface area (Å²) in [6.45, 7) is 1.46. The van der Waals surface area contributed by atoms with Crippen LogP contribution in [0.3, 0.4) is 0 Å². The second kappa shape index (κ2) is 5.63. The zero-order valence-corrected chi connectivity index (χ0v) is 11.6. The van der Waals surface area contributed by atoms with Crippen molar-refractivity contribution in [3.8, 4) is 0 Å². The predicted octanol–water partition coefficient (Wildman–Crippen LogP) is 2.20. The number of hydrogen-bond acceptors (Lipinski definition) is 3. The fourth-order valence-corrected chi connectivity index (χ4v) is 2.63. The first kappa shape index (κ1) is 13.1. The average Bonchev–Trinajstić information content (AvgIpc) is 2.94. The standard InChI is InChI=1S/C15H19N3O2/c1-18(10-13-4-2-3-7-20-13)15(19)11-5-6-12-9-16-17-14(12)8-11/h5-6,8-9,13H,2-4,7,10H2,1H3,(H,16,17). The van der Waals surface area contributed by atoms with E-state index in [2.05, 4.69) is 10.2 Å². The first-order chi connectivity index (χ1) is 9.74. The Bertz CT molecular complexity index is 602. The molecule has 0 bridgehead atoms. The highest BCUT2D eigenvalue weighted by Gasteiger charge is 2.19. The molecule has 1 amide bonds. The number of carbonyl (C=O) groups is 1. The number of H-pyrrole nitrogens is 1. The molecule has 1 fully saturated rings. The van der Waals surface area contributed by atoms with Gasteiger partial charge in [-0.3, -0.25) is 9.89 Å². The normalized spacial score (nSPS) is 19.1. The number of hydrogen-bond donors (Lipinski definition) is 1. The van der Waals surface area contributed by atoms with E-state index in [4.69, 9.17) is 4.74 Å². The number of nitrogens with one attached hydrogen (secondary N) is 1. The Balaban J connectivity index is 1.70. The van der Waals surface area contributed by atoms with E-state index in [1.54, 1.807) is 11.1 Å². The molecule has 1 unspecified atom stereocenters. The Labute approximate surface area is 117 Å². The van der Waals surface area contributed by atoms with Gasteiger partial charge in [0.05, 0.1) is 17.8 Å². The molecule has 3 rings (SSSR count). The molecule has 1 aliphatic heterocycles. The third-order valence-electron chi connectivity index (χ3n) is 3.79. The molecule has 2 aromatic rings. The summed E-state index contributed by atoms with van der Waals surface area (Å²) in [4.78, 5) is 14.2. The van der Waals surface area contributed by atoms with Gasteiger partial charge < -0.3 is 9.64 Å². The van der Waals surface area contributed by atoms with E-state index in [1.165, 1.54) is 6.42 Å². The number of nitrogens with zero attached hydrogens (tertiary/aromatic N) is 2. The highest BCUT2D eigenvalue weighted by atomic mass is 16.5. The van der Waals surface area contributed by atoms with Gasteiger partial charge in [0, 0.05) is 31.1 Å². The molecule has 1 N–H and O–H groups in total. The van der Waals surface area contributed by atoms with Crippen LogP contribution in [-0.4, -0.2) is 47.3 Å². The van der Waals surface area contributed by atoms with Crippen LogP contribution < -0.4 is 0 Å². The Hall–Kier alpha value is -1.88. The van der Waals surface area contributed by atoms with Crippen molar-refractivity contribution in [1.82, 2.24) is 15.1 Å². The summed E-state index contributed by atoms with van der Waals surface area (Å²) in [5.74, 6) is 0.0238. The Kier molecular flexibility index (Phi) is 3.69. The molecule has 106 valence electrons. The molecular weight excluding hydrogens is 254 g/mol. The van der Waals surface area contributed by atoms with Crippen LogP contribution in [0.25, 0.3) is 10.9 Å². The van der Waals surface area contributed by atoms with Crippen molar-refractivity contribution in [3.63, 3.8) is 0 Å². The summed E-state index contributed by atoms with van der Waals surface area (Å²) < 4.78 is 5.68. The molecule has 1 saturated heterocycles. The molecule has 0 spiro atoms. The monoisotopic (exact) mass is 273 g/mol. The zero-order chi connectivity index (χ0) is 13.9. The van der Waals surface area contributed by atoms with Crippen molar-refractivity contribution in [2.45, 2.75) is 25.4 Å². The molecule has 20 heavy (non-hydrogen) atoms. The summed E-state index contributed by atoms with van der Waals surface area (Å²) >= 11 is 0. The van der Waals surface area contributed by atoms with Crippen LogP contribution in [0.2, 0.25) is 0 Å². The molecule has 1 aliphatic rings. The minimum Gasteiger partial charge on any atom is -0.376 e. The second-order valence-corrected chi connectivity index (χ2v) is 5.35. The lowest BCUT2D eigenvalue weighted by atomic mass is 10.1. The maximum atomic E-state index is 12.4. The van der Waals surface area contributed by atoms with Gasteiger partial charge >= 0.3 is 0 Å². The van der Waals surface area contributed by atoms with E-state index in [9.17, 15) is 4.79 Å². The number of fused-ring (bicyclic) bond motifs is 1. The van der Waals surface area contributed by atoms with Crippen molar-refractivity contribution < 1.29 is 9.53 Å². The maximum absolute atomic E-state index is 12.4. The third kappa shape index (κ3) is 2.67. The molecule has 1 aromatic carbocycles. The number of benzene rings is 1. The number of aromatic amines is 1. The molecule has 0 aliphatic carbocycles. The number of likely N-dealkylation sites (N-methyl/N-ethyl adjacent to an activating group) is 1. The van der Waals surface area contributed by atoms with Crippen LogP contribution in [0.15, 0.2) is 24.4 Å². The Morgan fingerprint density at radius 1 is 1.50 bits per heavy atom. The fraction of sp³-hybridized carbons (Fsp3) is 0.467. The molecule has 0 saturated carbocycles. The summed E-state index contributed by atoms with van der Waals surface area (Å²) in [6.07, 6.45) is 5.28. The lowest BCUT2D eigenvalue weighted by molar-refractivity contribution is -0.000184. The fourth-order valence-electron chi connectivity index (χ4n) is 2.63. The van der Waals surface area contributed by atoms with Gasteiger partial charge in [0.15, 0.2) is 0 Å². The molecule has 5 heteroatoms. The van der Waals surface area contributed by atoms with Crippen molar-refractivity contribution >= 4 is 16.8 Å². The van der Waals surface area contributed by atoms with Crippen molar-refractivity contribution in [1.29, 1.82) is 0 Å². The van der Waals surface area contributed by atoms with E-state index < -0.39 is 0 Å². The number of ether oxygens (including phenoxy) is 1. The van der Waals surface area contributed by atoms with Crippen LogP contribution in [0.5, 0.6) is 0 Å². The number of amides is 1. The van der Waals surface area contributed by atoms with E-state index >= 15 is 0 Å². The van der Waals surface area contributed by atoms with Gasteiger partial charge in [0.1, 0.15) is 0 Å². The van der Waals surface area contributed by atoms with Gasteiger partial charge in [-0.05, 0) is 31.4 Å². The summed E-state index contributed by atoms with van der Waals surface area (Å²) in [7, 11) is 1.83. The van der Waals surface area contributed by atoms with Crippen molar-refractivity contribution in [2.75, 3.05) is 20.2 Å². The highest BCUT2D eigenvalue weighted by Crippen LogP contribution is 2.16. The Morgan fingerprint density at radius 3 is 3.20 bits per heavy atom. The average molecular weight is 273 g/mol. The number of rotatable bonds is 3. The van der Waals surface area contributed by atoms with Crippen LogP contribution >= 0.6 is 0 Å². The summed E-state index contributed by atoms with van der Waals surface area (Å²) in [5.41, 5.74) is 1.57. The Morgan fingerprint density at radius 2 is 2.40 bits per heavy atom. The zero-order valence-electron chi connectivity index (χ0n) is 11.6. The van der Waals surface area contributed by atoms with Crippen molar-refractivity contribution in [3.05, 3.63) is 30.0 Å². The van der Waals surface area contributed by atoms with E-state index in [0.29, 0.717) is 12.1 Å². The quantitative estimate of drug-likeness (QED) is 0.932. The minimum atomic E-state index is 0.0238. The van der Waals surface area contributed by atoms with Gasteiger partial charge in [-0.2, -0.15) is 5.10 Å². The topological polar surface area (TPSA) is 58.2 Å². The van der Waals surface area contributed by atoms with Crippen LogP contribution in [0.1, 0.15) is 29.6 Å². The van der Waals surface area contributed by atoms with Gasteiger partial charge in [0.25, 0.3) is 5.91 Å². The van der Waals surface area contributed by atoms with Gasteiger partial charge in [-0.15, -0.1) is 0 Å².